The first-order chi connectivity index (χ1) is 27.3. The molecule has 58 heavy (non-hydrogen) atoms. The Morgan fingerprint density at radius 2 is 1.48 bits per heavy atom. The summed E-state index contributed by atoms with van der Waals surface area (Å²) in [5, 5.41) is 42.4. The van der Waals surface area contributed by atoms with E-state index < -0.39 is 41.7 Å². The molecule has 1 amide bonds. The van der Waals surface area contributed by atoms with Crippen molar-refractivity contribution in [1.82, 2.24) is 15.5 Å². The number of nitrogens with zero attached hydrogens (tertiary/aromatic N) is 1. The maximum absolute atomic E-state index is 13.2. The predicted octanol–water partition coefficient (Wildman–Crippen LogP) is 6.85. The van der Waals surface area contributed by atoms with E-state index in [0.29, 0.717) is 31.9 Å². The number of aldehydes is 1. The predicted molar refractivity (Wildman–Crippen MR) is 243 cm³/mol. The van der Waals surface area contributed by atoms with Crippen molar-refractivity contribution in [1.29, 1.82) is 0 Å². The van der Waals surface area contributed by atoms with Gasteiger partial charge in [-0.3, -0.25) is 4.79 Å². The molecule has 13 nitrogen and oxygen atoms in total. The molecule has 6 N–H and O–H groups in total. The smallest absolute Gasteiger partial charge is 0.223 e. The first-order valence-electron chi connectivity index (χ1n) is 22.3. The zero-order chi connectivity index (χ0) is 47.1. The van der Waals surface area contributed by atoms with Gasteiger partial charge in [-0.15, -0.1) is 0 Å². The van der Waals surface area contributed by atoms with E-state index in [4.69, 9.17) is 29.2 Å². The van der Waals surface area contributed by atoms with Crippen LogP contribution < -0.4 is 10.6 Å². The Hall–Kier alpha value is -1.26. The van der Waals surface area contributed by atoms with Gasteiger partial charge < -0.3 is 59.7 Å². The van der Waals surface area contributed by atoms with E-state index >= 15 is 0 Å². The van der Waals surface area contributed by atoms with Gasteiger partial charge in [0, 0.05) is 52.2 Å². The summed E-state index contributed by atoms with van der Waals surface area (Å²) >= 11 is 0. The van der Waals surface area contributed by atoms with Crippen LogP contribution in [0, 0.1) is 17.8 Å². The maximum atomic E-state index is 13.2. The molecular formula is C45H101N3O10. The van der Waals surface area contributed by atoms with E-state index in [9.17, 15) is 19.8 Å². The average Bonchev–Trinajstić information content (AvgIpc) is 3.21. The fourth-order valence-electron chi connectivity index (χ4n) is 6.27. The van der Waals surface area contributed by atoms with Crippen LogP contribution in [0.15, 0.2) is 0 Å². The van der Waals surface area contributed by atoms with Crippen molar-refractivity contribution < 1.29 is 49.0 Å². The van der Waals surface area contributed by atoms with Crippen LogP contribution in [0.5, 0.6) is 0 Å². The summed E-state index contributed by atoms with van der Waals surface area (Å²) < 4.78 is 23.9. The third-order valence-electron chi connectivity index (χ3n) is 9.06. The molecule has 13 heteroatoms. The van der Waals surface area contributed by atoms with Gasteiger partial charge in [-0.2, -0.15) is 0 Å². The van der Waals surface area contributed by atoms with E-state index in [-0.39, 0.29) is 30.5 Å². The Balaban J connectivity index is -0.000000299. The van der Waals surface area contributed by atoms with Gasteiger partial charge in [-0.25, -0.2) is 0 Å². The molecule has 1 aliphatic rings. The van der Waals surface area contributed by atoms with Crippen LogP contribution in [-0.4, -0.2) is 147 Å². The number of carbonyl (C=O) groups excluding carboxylic acids is 2. The molecule has 0 bridgehead atoms. The number of nitrogens with one attached hydrogen (secondary N) is 2. The average molecular weight is 844 g/mol. The lowest BCUT2D eigenvalue weighted by Gasteiger charge is -2.45. The van der Waals surface area contributed by atoms with Crippen molar-refractivity contribution in [2.45, 2.75) is 204 Å². The Labute approximate surface area is 359 Å². The monoisotopic (exact) mass is 844 g/mol. The summed E-state index contributed by atoms with van der Waals surface area (Å²) in [4.78, 5) is 26.8. The lowest BCUT2D eigenvalue weighted by Crippen LogP contribution is -2.56. The first-order valence-corrected chi connectivity index (χ1v) is 22.3. The molecule has 0 saturated carbocycles. The van der Waals surface area contributed by atoms with Crippen LogP contribution >= 0.6 is 0 Å². The molecule has 0 spiro atoms. The largest absolute Gasteiger partial charge is 0.400 e. The SMILES string of the molecule is CC.CC.CC.CCC.CCCNCCCO.CO.COC[C@@](C)(O)C(O)C(C)NC(=O)[C@H](C)C[C@@](C)(OC)[C@H](OC1CC(N(C)C)CC(C)O1)[C@@H](C)CC(C)C=O. The fourth-order valence-corrected chi connectivity index (χ4v) is 6.27. The minimum atomic E-state index is -1.52. The Kier molecular flexibility index (Phi) is 51.7. The summed E-state index contributed by atoms with van der Waals surface area (Å²) in [6.45, 7) is 33.4. The summed E-state index contributed by atoms with van der Waals surface area (Å²) in [5.41, 5.74) is -2.39. The molecular weight excluding hydrogens is 743 g/mol. The highest BCUT2D eigenvalue weighted by Gasteiger charge is 2.44. The molecule has 1 heterocycles. The van der Waals surface area contributed by atoms with Crippen molar-refractivity contribution in [3.05, 3.63) is 0 Å². The highest BCUT2D eigenvalue weighted by Crippen LogP contribution is 2.36. The Morgan fingerprint density at radius 1 is 0.966 bits per heavy atom. The van der Waals surface area contributed by atoms with E-state index in [2.05, 4.69) is 50.4 Å². The van der Waals surface area contributed by atoms with Crippen LogP contribution in [0.3, 0.4) is 0 Å². The number of aliphatic hydroxyl groups excluding tert-OH is 3. The number of hydrogen-bond acceptors (Lipinski definition) is 12. The fraction of sp³-hybridized carbons (Fsp3) is 0.956. The van der Waals surface area contributed by atoms with Crippen LogP contribution in [0.1, 0.15) is 156 Å². The number of rotatable bonds is 22. The van der Waals surface area contributed by atoms with Crippen LogP contribution in [0.2, 0.25) is 0 Å². The van der Waals surface area contributed by atoms with Crippen molar-refractivity contribution >= 4 is 12.2 Å². The van der Waals surface area contributed by atoms with Gasteiger partial charge in [-0.05, 0) is 92.9 Å². The molecule has 0 aliphatic carbocycles. The molecule has 0 aromatic rings. The van der Waals surface area contributed by atoms with Crippen molar-refractivity contribution in [3.8, 4) is 0 Å². The molecule has 356 valence electrons. The molecule has 1 saturated heterocycles. The summed E-state index contributed by atoms with van der Waals surface area (Å²) in [6.07, 6.45) is 4.69. The molecule has 0 aromatic carbocycles. The molecule has 0 radical (unpaired) electrons. The minimum absolute atomic E-state index is 0.0303. The summed E-state index contributed by atoms with van der Waals surface area (Å²) in [5.74, 6) is -0.995. The summed E-state index contributed by atoms with van der Waals surface area (Å²) in [6, 6.07) is -0.399. The number of aliphatic hydroxyl groups is 4. The van der Waals surface area contributed by atoms with Crippen molar-refractivity contribution in [3.63, 3.8) is 0 Å². The minimum Gasteiger partial charge on any atom is -0.400 e. The van der Waals surface area contributed by atoms with Crippen molar-refractivity contribution in [2.24, 2.45) is 17.8 Å². The second-order valence-corrected chi connectivity index (χ2v) is 15.0. The van der Waals surface area contributed by atoms with Crippen LogP contribution in [0.4, 0.5) is 0 Å². The van der Waals surface area contributed by atoms with Gasteiger partial charge in [0.05, 0.1) is 30.5 Å². The van der Waals surface area contributed by atoms with Gasteiger partial charge in [0.1, 0.15) is 18.0 Å². The van der Waals surface area contributed by atoms with E-state index in [1.54, 1.807) is 21.0 Å². The van der Waals surface area contributed by atoms with Crippen LogP contribution in [0.25, 0.3) is 0 Å². The third kappa shape index (κ3) is 32.5. The van der Waals surface area contributed by atoms with Crippen LogP contribution in [-0.2, 0) is 28.5 Å². The molecule has 1 fully saturated rings. The first kappa shape index (κ1) is 68.5. The van der Waals surface area contributed by atoms with E-state index in [0.717, 1.165) is 39.3 Å². The highest BCUT2D eigenvalue weighted by molar-refractivity contribution is 5.78. The normalized spacial score (nSPS) is 20.8. The lowest BCUT2D eigenvalue weighted by molar-refractivity contribution is -0.264. The Bertz CT molecular complexity index is 865. The van der Waals surface area contributed by atoms with Gasteiger partial charge in [0.15, 0.2) is 6.29 Å². The van der Waals surface area contributed by atoms with Gasteiger partial charge >= 0.3 is 0 Å². The number of methoxy groups -OCH3 is 2. The molecule has 1 rings (SSSR count). The zero-order valence-electron chi connectivity index (χ0n) is 41.7. The lowest BCUT2D eigenvalue weighted by atomic mass is 9.79. The quantitative estimate of drug-likeness (QED) is 0.0494. The standard InChI is InChI=1S/C29H56N2O8.C6H15NO.C3H8.3C2H6.CH4O/c1-18(16-32)12-19(2)26(39-24-14-23(31(8)9)13-21(4)38-24)29(7,37-11)15-20(3)27(34)30-22(5)25(33)28(6,35)17-36-10;1-2-4-7-5-3-6-8;1-3-2;4*1-2/h16,18-26,33,35H,12-15,17H2,1-11H3,(H,30,34);7-8H,2-6H2,1H3;3H2,1-2H3;3*1-2H3;2H,1H3/t18?,19-,20+,21?,22?,23?,24?,25?,26+,28+,29+;;;;;;/m0....../s1. The molecule has 0 aromatic heterocycles. The van der Waals surface area contributed by atoms with Gasteiger partial charge in [0.2, 0.25) is 5.91 Å². The molecule has 11 atom stereocenters. The van der Waals surface area contributed by atoms with E-state index in [1.165, 1.54) is 26.9 Å². The number of hydrogen-bond donors (Lipinski definition) is 6. The maximum Gasteiger partial charge on any atom is 0.223 e. The topological polar surface area (TPSA) is 179 Å². The molecule has 6 unspecified atom stereocenters. The number of amides is 1. The third-order valence-corrected chi connectivity index (χ3v) is 9.06. The second kappa shape index (κ2) is 43.8. The highest BCUT2D eigenvalue weighted by atomic mass is 16.7. The zero-order valence-corrected chi connectivity index (χ0v) is 41.7. The van der Waals surface area contributed by atoms with Gasteiger partial charge in [-0.1, -0.05) is 89.5 Å². The Morgan fingerprint density at radius 3 is 1.90 bits per heavy atom. The second-order valence-electron chi connectivity index (χ2n) is 15.0. The van der Waals surface area contributed by atoms with E-state index in [1.807, 2.05) is 69.2 Å². The summed E-state index contributed by atoms with van der Waals surface area (Å²) in [7, 11) is 8.15. The van der Waals surface area contributed by atoms with Gasteiger partial charge in [0.25, 0.3) is 0 Å². The van der Waals surface area contributed by atoms with Crippen molar-refractivity contribution in [2.75, 3.05) is 61.7 Å². The molecule has 1 aliphatic heterocycles. The number of ether oxygens (including phenoxy) is 4. The number of carbonyl (C=O) groups is 2.